The summed E-state index contributed by atoms with van der Waals surface area (Å²) >= 11 is 0. The van der Waals surface area contributed by atoms with Crippen molar-refractivity contribution in [2.45, 2.75) is 13.5 Å². The smallest absolute Gasteiger partial charge is 0.303 e. The van der Waals surface area contributed by atoms with Crippen LogP contribution in [0.15, 0.2) is 46.1 Å². The van der Waals surface area contributed by atoms with Crippen LogP contribution >= 0.6 is 0 Å². The standard InChI is InChI=1S/C12H12N2O2/c1-9-3-2-4-10(7-9)8-14-12(16)11(15)5-6-13-14/h2-7,13H,8H2,1H3. The first-order valence-electron chi connectivity index (χ1n) is 5.01. The maximum Gasteiger partial charge on any atom is 0.312 e. The number of nitrogens with one attached hydrogen (secondary N) is 1. The van der Waals surface area contributed by atoms with Crippen molar-refractivity contribution in [2.75, 3.05) is 0 Å². The lowest BCUT2D eigenvalue weighted by molar-refractivity contribution is 0.633. The van der Waals surface area contributed by atoms with Crippen LogP contribution in [0.5, 0.6) is 0 Å². The van der Waals surface area contributed by atoms with E-state index in [2.05, 4.69) is 5.10 Å². The topological polar surface area (TPSA) is 54.9 Å². The van der Waals surface area contributed by atoms with E-state index in [0.717, 1.165) is 11.1 Å². The highest BCUT2D eigenvalue weighted by atomic mass is 16.2. The molecule has 2 aromatic rings. The molecule has 2 rings (SSSR count). The highest BCUT2D eigenvalue weighted by Crippen LogP contribution is 2.03. The molecule has 0 bridgehead atoms. The maximum absolute atomic E-state index is 11.5. The highest BCUT2D eigenvalue weighted by Gasteiger charge is 2.00. The molecule has 0 fully saturated rings. The molecule has 0 aliphatic rings. The lowest BCUT2D eigenvalue weighted by Gasteiger charge is -2.05. The second-order valence-electron chi connectivity index (χ2n) is 3.71. The molecule has 0 atom stereocenters. The molecule has 0 saturated heterocycles. The Labute approximate surface area is 92.2 Å². The van der Waals surface area contributed by atoms with E-state index >= 15 is 0 Å². The molecule has 1 aromatic carbocycles. The van der Waals surface area contributed by atoms with Crippen molar-refractivity contribution in [2.24, 2.45) is 0 Å². The zero-order valence-electron chi connectivity index (χ0n) is 8.93. The Kier molecular flexibility index (Phi) is 2.72. The van der Waals surface area contributed by atoms with Crippen LogP contribution in [0.25, 0.3) is 0 Å². The number of rotatable bonds is 2. The molecule has 0 saturated carbocycles. The van der Waals surface area contributed by atoms with Crippen molar-refractivity contribution in [3.8, 4) is 0 Å². The molecular weight excluding hydrogens is 204 g/mol. The van der Waals surface area contributed by atoms with Crippen LogP contribution in [-0.4, -0.2) is 9.78 Å². The largest absolute Gasteiger partial charge is 0.312 e. The summed E-state index contributed by atoms with van der Waals surface area (Å²) in [6.07, 6.45) is 1.47. The third-order valence-corrected chi connectivity index (χ3v) is 2.34. The number of aryl methyl sites for hydroxylation is 1. The summed E-state index contributed by atoms with van der Waals surface area (Å²) in [7, 11) is 0. The number of nitrogens with zero attached hydrogens (tertiary/aromatic N) is 1. The van der Waals surface area contributed by atoms with Crippen LogP contribution < -0.4 is 11.0 Å². The Morgan fingerprint density at radius 2 is 2.06 bits per heavy atom. The van der Waals surface area contributed by atoms with Gasteiger partial charge in [-0.25, -0.2) is 4.68 Å². The van der Waals surface area contributed by atoms with Crippen molar-refractivity contribution in [3.63, 3.8) is 0 Å². The first kappa shape index (κ1) is 10.4. The molecule has 4 nitrogen and oxygen atoms in total. The van der Waals surface area contributed by atoms with E-state index in [1.165, 1.54) is 16.9 Å². The lowest BCUT2D eigenvalue weighted by Crippen LogP contribution is -2.35. The molecule has 1 N–H and O–H groups in total. The average Bonchev–Trinajstić information content (AvgIpc) is 2.25. The van der Waals surface area contributed by atoms with E-state index in [-0.39, 0.29) is 0 Å². The molecule has 0 aliphatic carbocycles. The summed E-state index contributed by atoms with van der Waals surface area (Å²) in [5, 5.41) is 2.75. The zero-order valence-corrected chi connectivity index (χ0v) is 8.93. The average molecular weight is 216 g/mol. The normalized spacial score (nSPS) is 10.3. The Morgan fingerprint density at radius 1 is 1.25 bits per heavy atom. The number of aromatic amines is 1. The predicted octanol–water partition coefficient (Wildman–Crippen LogP) is 0.893. The van der Waals surface area contributed by atoms with Gasteiger partial charge in [-0.2, -0.15) is 0 Å². The van der Waals surface area contributed by atoms with Crippen LogP contribution in [0.3, 0.4) is 0 Å². The van der Waals surface area contributed by atoms with Crippen molar-refractivity contribution in [1.29, 1.82) is 0 Å². The molecule has 4 heteroatoms. The van der Waals surface area contributed by atoms with Gasteiger partial charge in [0.15, 0.2) is 0 Å². The minimum Gasteiger partial charge on any atom is -0.303 e. The Hall–Kier alpha value is -2.10. The summed E-state index contributed by atoms with van der Waals surface area (Å²) in [4.78, 5) is 22.6. The fourth-order valence-corrected chi connectivity index (χ4v) is 1.58. The van der Waals surface area contributed by atoms with Crippen molar-refractivity contribution in [3.05, 3.63) is 68.2 Å². The van der Waals surface area contributed by atoms with Gasteiger partial charge in [0.1, 0.15) is 0 Å². The van der Waals surface area contributed by atoms with Crippen LogP contribution in [-0.2, 0) is 6.54 Å². The van der Waals surface area contributed by atoms with Crippen molar-refractivity contribution >= 4 is 0 Å². The third-order valence-electron chi connectivity index (χ3n) is 2.34. The van der Waals surface area contributed by atoms with Gasteiger partial charge < -0.3 is 5.10 Å². The molecule has 1 aromatic heterocycles. The minimum atomic E-state index is -0.524. The number of hydrogen-bond donors (Lipinski definition) is 1. The molecule has 0 aliphatic heterocycles. The van der Waals surface area contributed by atoms with E-state index < -0.39 is 11.0 Å². The second kappa shape index (κ2) is 4.18. The van der Waals surface area contributed by atoms with Crippen LogP contribution in [0.1, 0.15) is 11.1 Å². The molecule has 16 heavy (non-hydrogen) atoms. The number of benzene rings is 1. The van der Waals surface area contributed by atoms with E-state index in [0.29, 0.717) is 6.54 Å². The Morgan fingerprint density at radius 3 is 2.81 bits per heavy atom. The Balaban J connectivity index is 2.38. The number of hydrogen-bond acceptors (Lipinski definition) is 2. The quantitative estimate of drug-likeness (QED) is 0.758. The lowest BCUT2D eigenvalue weighted by atomic mass is 10.1. The molecular formula is C12H12N2O2. The summed E-state index contributed by atoms with van der Waals surface area (Å²) in [6, 6.07) is 9.05. The van der Waals surface area contributed by atoms with Gasteiger partial charge in [-0.1, -0.05) is 29.8 Å². The SMILES string of the molecule is Cc1cccc(Cn2[nH]ccc(=O)c2=O)c1. The molecule has 82 valence electrons. The van der Waals surface area contributed by atoms with Gasteiger partial charge in [-0.15, -0.1) is 0 Å². The first-order chi connectivity index (χ1) is 7.66. The summed E-state index contributed by atoms with van der Waals surface area (Å²) in [6.45, 7) is 2.37. The van der Waals surface area contributed by atoms with Gasteiger partial charge in [0.05, 0.1) is 6.54 Å². The molecule has 0 spiro atoms. The van der Waals surface area contributed by atoms with Crippen LogP contribution in [0.4, 0.5) is 0 Å². The maximum atomic E-state index is 11.5. The summed E-state index contributed by atoms with van der Waals surface area (Å²) < 4.78 is 1.30. The van der Waals surface area contributed by atoms with E-state index in [4.69, 9.17) is 0 Å². The third kappa shape index (κ3) is 2.11. The molecule has 1 heterocycles. The van der Waals surface area contributed by atoms with Crippen molar-refractivity contribution in [1.82, 2.24) is 9.78 Å². The summed E-state index contributed by atoms with van der Waals surface area (Å²) in [5.41, 5.74) is 1.10. The van der Waals surface area contributed by atoms with Crippen LogP contribution in [0, 0.1) is 6.92 Å². The monoisotopic (exact) mass is 216 g/mol. The Bertz CT molecular complexity index is 611. The van der Waals surface area contributed by atoms with Crippen LogP contribution in [0.2, 0.25) is 0 Å². The van der Waals surface area contributed by atoms with Gasteiger partial charge in [-0.3, -0.25) is 9.59 Å². The fourth-order valence-electron chi connectivity index (χ4n) is 1.58. The van der Waals surface area contributed by atoms with Gasteiger partial charge in [0.2, 0.25) is 5.43 Å². The fraction of sp³-hybridized carbons (Fsp3) is 0.167. The van der Waals surface area contributed by atoms with Gasteiger partial charge in [0, 0.05) is 12.3 Å². The molecule has 0 radical (unpaired) electrons. The minimum absolute atomic E-state index is 0.386. The van der Waals surface area contributed by atoms with E-state index in [1.807, 2.05) is 31.2 Å². The molecule has 0 unspecified atom stereocenters. The number of H-pyrrole nitrogens is 1. The van der Waals surface area contributed by atoms with Gasteiger partial charge in [-0.05, 0) is 12.5 Å². The van der Waals surface area contributed by atoms with Gasteiger partial charge >= 0.3 is 5.56 Å². The zero-order chi connectivity index (χ0) is 11.5. The molecule has 0 amide bonds. The highest BCUT2D eigenvalue weighted by molar-refractivity contribution is 5.22. The van der Waals surface area contributed by atoms with Gasteiger partial charge in [0.25, 0.3) is 0 Å². The van der Waals surface area contributed by atoms with Crippen molar-refractivity contribution < 1.29 is 0 Å². The van der Waals surface area contributed by atoms with E-state index in [9.17, 15) is 9.59 Å². The second-order valence-corrected chi connectivity index (χ2v) is 3.71. The predicted molar refractivity (Wildman–Crippen MR) is 61.6 cm³/mol. The number of aromatic nitrogens is 2. The van der Waals surface area contributed by atoms with E-state index in [1.54, 1.807) is 0 Å². The summed E-state index contributed by atoms with van der Waals surface area (Å²) in [5.74, 6) is 0. The first-order valence-corrected chi connectivity index (χ1v) is 5.01.